The van der Waals surface area contributed by atoms with Gasteiger partial charge in [-0.1, -0.05) is 0 Å². The number of fused-ring (bicyclic) bond motifs is 1. The minimum atomic E-state index is -2.02. The zero-order chi connectivity index (χ0) is 6.56. The van der Waals surface area contributed by atoms with Gasteiger partial charge in [0.2, 0.25) is 0 Å². The van der Waals surface area contributed by atoms with E-state index in [1.807, 2.05) is 11.4 Å². The predicted molar refractivity (Wildman–Crippen MR) is 48.7 cm³/mol. The summed E-state index contributed by atoms with van der Waals surface area (Å²) < 4.78 is -2.02. The Balaban J connectivity index is 2.19. The molecular formula is C5H9Cl2PS. The van der Waals surface area contributed by atoms with Crippen LogP contribution in [0.5, 0.6) is 0 Å². The average molecular weight is 203 g/mol. The summed E-state index contributed by atoms with van der Waals surface area (Å²) in [6.07, 6.45) is 4.99. The van der Waals surface area contributed by atoms with Crippen molar-refractivity contribution in [1.29, 1.82) is 0 Å². The molecule has 54 valence electrons. The van der Waals surface area contributed by atoms with Crippen molar-refractivity contribution in [1.82, 2.24) is 0 Å². The zero-order valence-corrected chi connectivity index (χ0v) is 8.24. The monoisotopic (exact) mass is 202 g/mol. The second-order valence-corrected chi connectivity index (χ2v) is 16.6. The van der Waals surface area contributed by atoms with E-state index in [9.17, 15) is 0 Å². The van der Waals surface area contributed by atoms with Crippen LogP contribution in [0.3, 0.4) is 0 Å². The van der Waals surface area contributed by atoms with E-state index in [0.29, 0.717) is 4.99 Å². The van der Waals surface area contributed by atoms with Crippen LogP contribution in [-0.4, -0.2) is 11.2 Å². The molecule has 4 heteroatoms. The number of halogens is 2. The summed E-state index contributed by atoms with van der Waals surface area (Å²) in [5, 5.41) is 0. The zero-order valence-electron chi connectivity index (χ0n) is 5.02. The van der Waals surface area contributed by atoms with Gasteiger partial charge in [-0.2, -0.15) is 0 Å². The Kier molecular flexibility index (Phi) is 1.36. The molecule has 9 heavy (non-hydrogen) atoms. The van der Waals surface area contributed by atoms with Crippen molar-refractivity contribution in [2.24, 2.45) is 0 Å². The first-order chi connectivity index (χ1) is 4.10. The van der Waals surface area contributed by atoms with Gasteiger partial charge in [-0.15, -0.1) is 0 Å². The summed E-state index contributed by atoms with van der Waals surface area (Å²) >= 11 is 14.4. The van der Waals surface area contributed by atoms with E-state index in [4.69, 9.17) is 22.5 Å². The van der Waals surface area contributed by atoms with E-state index in [0.717, 1.165) is 6.16 Å². The first-order valence-corrected chi connectivity index (χ1v) is 9.02. The standard InChI is InChI=1S/C5H9Cl2PS/c6-8(7)4-2-1-3-5(8)9-8/h5H,1-4H2. The summed E-state index contributed by atoms with van der Waals surface area (Å²) in [4.78, 5) is 0.674. The van der Waals surface area contributed by atoms with Crippen LogP contribution in [0.4, 0.5) is 0 Å². The van der Waals surface area contributed by atoms with E-state index in [1.165, 1.54) is 19.3 Å². The summed E-state index contributed by atoms with van der Waals surface area (Å²) in [5.74, 6) is 0. The van der Waals surface area contributed by atoms with Gasteiger partial charge in [0.05, 0.1) is 0 Å². The van der Waals surface area contributed by atoms with E-state index in [-0.39, 0.29) is 0 Å². The number of hydrogen-bond donors (Lipinski definition) is 0. The van der Waals surface area contributed by atoms with Crippen LogP contribution in [0.25, 0.3) is 0 Å². The molecule has 2 rings (SSSR count). The molecule has 0 aromatic rings. The molecule has 0 bridgehead atoms. The molecule has 1 unspecified atom stereocenters. The molecule has 0 saturated carbocycles. The van der Waals surface area contributed by atoms with Gasteiger partial charge < -0.3 is 0 Å². The topological polar surface area (TPSA) is 0 Å². The van der Waals surface area contributed by atoms with Crippen molar-refractivity contribution in [2.45, 2.75) is 24.3 Å². The molecule has 1 atom stereocenters. The van der Waals surface area contributed by atoms with E-state index >= 15 is 0 Å². The fraction of sp³-hybridized carbons (Fsp3) is 1.00. The molecule has 2 aliphatic heterocycles. The van der Waals surface area contributed by atoms with Gasteiger partial charge in [0.15, 0.2) is 0 Å². The normalized spacial score (nSPS) is 48.2. The molecule has 0 radical (unpaired) electrons. The maximum atomic E-state index is 6.26. The molecule has 0 spiro atoms. The van der Waals surface area contributed by atoms with Crippen LogP contribution in [0.15, 0.2) is 0 Å². The fourth-order valence-electron chi connectivity index (χ4n) is 1.42. The second kappa shape index (κ2) is 1.75. The third kappa shape index (κ3) is 1.01. The Morgan fingerprint density at radius 2 is 2.11 bits per heavy atom. The van der Waals surface area contributed by atoms with Crippen molar-refractivity contribution in [3.05, 3.63) is 0 Å². The molecule has 0 aliphatic carbocycles. The Bertz CT molecular complexity index is 159. The van der Waals surface area contributed by atoms with Crippen LogP contribution >= 0.6 is 38.4 Å². The third-order valence-corrected chi connectivity index (χ3v) is 14.0. The summed E-state index contributed by atoms with van der Waals surface area (Å²) in [5.41, 5.74) is 0. The first-order valence-electron chi connectivity index (χ1n) is 3.24. The minimum absolute atomic E-state index is 0.674. The van der Waals surface area contributed by atoms with Crippen LogP contribution in [0, 0.1) is 0 Å². The molecule has 2 aliphatic rings. The molecule has 0 aromatic carbocycles. The Hall–Kier alpha value is 1.36. The number of rotatable bonds is 0. The molecular weight excluding hydrogens is 194 g/mol. The van der Waals surface area contributed by atoms with Crippen molar-refractivity contribution in [2.75, 3.05) is 6.16 Å². The van der Waals surface area contributed by atoms with Crippen LogP contribution < -0.4 is 0 Å². The fourth-order valence-corrected chi connectivity index (χ4v) is 12.4. The van der Waals surface area contributed by atoms with E-state index in [1.54, 1.807) is 0 Å². The molecule has 2 heterocycles. The van der Waals surface area contributed by atoms with Gasteiger partial charge in [-0.3, -0.25) is 0 Å². The molecule has 2 saturated heterocycles. The van der Waals surface area contributed by atoms with Gasteiger partial charge in [0, 0.05) is 0 Å². The van der Waals surface area contributed by atoms with Gasteiger partial charge in [-0.05, 0) is 0 Å². The quantitative estimate of drug-likeness (QED) is 0.423. The van der Waals surface area contributed by atoms with Gasteiger partial charge >= 0.3 is 68.8 Å². The molecule has 0 amide bonds. The Morgan fingerprint density at radius 3 is 2.56 bits per heavy atom. The van der Waals surface area contributed by atoms with E-state index < -0.39 is 4.51 Å². The van der Waals surface area contributed by atoms with Gasteiger partial charge in [0.25, 0.3) is 0 Å². The van der Waals surface area contributed by atoms with Gasteiger partial charge in [-0.25, -0.2) is 0 Å². The van der Waals surface area contributed by atoms with Crippen molar-refractivity contribution in [3.63, 3.8) is 0 Å². The molecule has 2 fully saturated rings. The van der Waals surface area contributed by atoms with Crippen LogP contribution in [0.2, 0.25) is 0 Å². The summed E-state index contributed by atoms with van der Waals surface area (Å²) in [6, 6.07) is 0. The van der Waals surface area contributed by atoms with Crippen LogP contribution in [-0.2, 0) is 0 Å². The SMILES string of the molecule is ClP12(Cl)CCCCC1S2. The second-order valence-electron chi connectivity index (χ2n) is 2.83. The Morgan fingerprint density at radius 1 is 1.33 bits per heavy atom. The third-order valence-electron chi connectivity index (χ3n) is 2.08. The molecule has 0 nitrogen and oxygen atoms in total. The molecule has 0 N–H and O–H groups in total. The summed E-state index contributed by atoms with van der Waals surface area (Å²) in [7, 11) is 0. The molecule has 0 aromatic heterocycles. The van der Waals surface area contributed by atoms with E-state index in [2.05, 4.69) is 0 Å². The average Bonchev–Trinajstić information content (AvgIpc) is 2.33. The number of hydrogen-bond acceptors (Lipinski definition) is 1. The van der Waals surface area contributed by atoms with Crippen LogP contribution in [0.1, 0.15) is 19.3 Å². The predicted octanol–water partition coefficient (Wildman–Crippen LogP) is 4.02. The van der Waals surface area contributed by atoms with Gasteiger partial charge in [0.1, 0.15) is 0 Å². The van der Waals surface area contributed by atoms with Crippen molar-refractivity contribution in [3.8, 4) is 0 Å². The first kappa shape index (κ1) is 7.03. The Labute approximate surface area is 68.9 Å². The van der Waals surface area contributed by atoms with Crippen molar-refractivity contribution < 1.29 is 0 Å². The summed E-state index contributed by atoms with van der Waals surface area (Å²) in [6.45, 7) is 0. The van der Waals surface area contributed by atoms with Crippen molar-refractivity contribution >= 4 is 38.4 Å². The maximum absolute atomic E-state index is 6.26.